The van der Waals surface area contributed by atoms with Gasteiger partial charge in [0, 0.05) is 24.4 Å². The number of likely N-dealkylation sites (tertiary alicyclic amines) is 1. The molecule has 0 aliphatic carbocycles. The maximum absolute atomic E-state index is 13.1. The predicted molar refractivity (Wildman–Crippen MR) is 108 cm³/mol. The van der Waals surface area contributed by atoms with Gasteiger partial charge in [-0.25, -0.2) is 0 Å². The van der Waals surface area contributed by atoms with Gasteiger partial charge in [-0.2, -0.15) is 0 Å². The minimum atomic E-state index is -0.409. The normalized spacial score (nSPS) is 22.8. The SMILES string of the molecule is CCC1SCC(C(=O)NCCN2CCCC2)N1C(=O)c1ccc(OC)cc1. The van der Waals surface area contributed by atoms with Gasteiger partial charge in [-0.1, -0.05) is 6.92 Å². The summed E-state index contributed by atoms with van der Waals surface area (Å²) in [5.41, 5.74) is 0.589. The number of benzene rings is 1. The lowest BCUT2D eigenvalue weighted by Crippen LogP contribution is -2.50. The summed E-state index contributed by atoms with van der Waals surface area (Å²) in [5.74, 6) is 1.23. The Morgan fingerprint density at radius 3 is 2.56 bits per heavy atom. The van der Waals surface area contributed by atoms with Crippen LogP contribution < -0.4 is 10.1 Å². The molecule has 0 bridgehead atoms. The topological polar surface area (TPSA) is 61.9 Å². The molecule has 0 spiro atoms. The summed E-state index contributed by atoms with van der Waals surface area (Å²) in [6, 6.07) is 6.68. The smallest absolute Gasteiger partial charge is 0.255 e. The number of rotatable bonds is 7. The van der Waals surface area contributed by atoms with Crippen molar-refractivity contribution in [1.29, 1.82) is 0 Å². The van der Waals surface area contributed by atoms with Gasteiger partial charge in [0.1, 0.15) is 11.8 Å². The Morgan fingerprint density at radius 2 is 1.93 bits per heavy atom. The van der Waals surface area contributed by atoms with E-state index in [-0.39, 0.29) is 17.2 Å². The fraction of sp³-hybridized carbons (Fsp3) is 0.600. The largest absolute Gasteiger partial charge is 0.497 e. The molecular weight excluding hydrogens is 362 g/mol. The Hall–Kier alpha value is -1.73. The first-order valence-corrected chi connectivity index (χ1v) is 10.8. The molecule has 1 aromatic carbocycles. The molecule has 27 heavy (non-hydrogen) atoms. The van der Waals surface area contributed by atoms with Crippen molar-refractivity contribution < 1.29 is 14.3 Å². The molecule has 2 atom stereocenters. The monoisotopic (exact) mass is 391 g/mol. The summed E-state index contributed by atoms with van der Waals surface area (Å²) in [5, 5.41) is 3.08. The zero-order valence-corrected chi connectivity index (χ0v) is 17.0. The molecule has 1 N–H and O–H groups in total. The minimum absolute atomic E-state index is 0.0360. The second kappa shape index (κ2) is 9.46. The van der Waals surface area contributed by atoms with Gasteiger partial charge in [0.25, 0.3) is 5.91 Å². The third-order valence-corrected chi connectivity index (χ3v) is 6.70. The van der Waals surface area contributed by atoms with Crippen molar-refractivity contribution in [2.24, 2.45) is 0 Å². The first-order chi connectivity index (χ1) is 13.1. The van der Waals surface area contributed by atoms with E-state index >= 15 is 0 Å². The number of hydrogen-bond acceptors (Lipinski definition) is 5. The van der Waals surface area contributed by atoms with Crippen molar-refractivity contribution in [1.82, 2.24) is 15.1 Å². The number of hydrogen-bond donors (Lipinski definition) is 1. The number of amides is 2. The lowest BCUT2D eigenvalue weighted by atomic mass is 10.1. The zero-order valence-electron chi connectivity index (χ0n) is 16.1. The van der Waals surface area contributed by atoms with E-state index in [1.54, 1.807) is 48.0 Å². The molecule has 0 aromatic heterocycles. The molecule has 7 heteroatoms. The highest BCUT2D eigenvalue weighted by atomic mass is 32.2. The molecule has 2 amide bonds. The highest BCUT2D eigenvalue weighted by Gasteiger charge is 2.40. The second-order valence-corrected chi connectivity index (χ2v) is 8.20. The van der Waals surface area contributed by atoms with Crippen molar-refractivity contribution in [3.05, 3.63) is 29.8 Å². The number of ether oxygens (including phenoxy) is 1. The van der Waals surface area contributed by atoms with Crippen LogP contribution in [-0.4, -0.2) is 72.1 Å². The Balaban J connectivity index is 1.63. The minimum Gasteiger partial charge on any atom is -0.497 e. The summed E-state index contributed by atoms with van der Waals surface area (Å²) >= 11 is 1.69. The molecule has 0 saturated carbocycles. The molecule has 3 rings (SSSR count). The average Bonchev–Trinajstić information content (AvgIpc) is 3.37. The van der Waals surface area contributed by atoms with Crippen LogP contribution in [0.3, 0.4) is 0 Å². The van der Waals surface area contributed by atoms with Crippen molar-refractivity contribution in [3.8, 4) is 5.75 Å². The molecule has 6 nitrogen and oxygen atoms in total. The summed E-state index contributed by atoms with van der Waals surface area (Å²) in [4.78, 5) is 30.0. The van der Waals surface area contributed by atoms with Crippen LogP contribution in [0.4, 0.5) is 0 Å². The van der Waals surface area contributed by atoms with Gasteiger partial charge in [-0.3, -0.25) is 9.59 Å². The van der Waals surface area contributed by atoms with E-state index in [0.29, 0.717) is 23.6 Å². The van der Waals surface area contributed by atoms with Crippen LogP contribution in [0, 0.1) is 0 Å². The molecule has 148 valence electrons. The van der Waals surface area contributed by atoms with Crippen LogP contribution in [0.1, 0.15) is 36.5 Å². The molecule has 2 heterocycles. The fourth-order valence-corrected chi connectivity index (χ4v) is 5.05. The molecule has 2 aliphatic heterocycles. The van der Waals surface area contributed by atoms with Crippen LogP contribution in [0.5, 0.6) is 5.75 Å². The molecule has 2 unspecified atom stereocenters. The lowest BCUT2D eigenvalue weighted by Gasteiger charge is -2.28. The molecule has 2 saturated heterocycles. The fourth-order valence-electron chi connectivity index (χ4n) is 3.70. The quantitative estimate of drug-likeness (QED) is 0.772. The molecule has 0 radical (unpaired) electrons. The summed E-state index contributed by atoms with van der Waals surface area (Å²) < 4.78 is 5.17. The highest BCUT2D eigenvalue weighted by Crippen LogP contribution is 2.33. The standard InChI is InChI=1S/C20H29N3O3S/c1-3-18-23(20(25)15-6-8-16(26-2)9-7-15)17(14-27-18)19(24)21-10-13-22-11-4-5-12-22/h6-9,17-18H,3-5,10-14H2,1-2H3,(H,21,24). The van der Waals surface area contributed by atoms with Crippen LogP contribution in [-0.2, 0) is 4.79 Å². The van der Waals surface area contributed by atoms with Crippen LogP contribution in [0.2, 0.25) is 0 Å². The highest BCUT2D eigenvalue weighted by molar-refractivity contribution is 8.00. The first kappa shape index (κ1) is 20.0. The molecule has 1 aromatic rings. The maximum Gasteiger partial charge on any atom is 0.255 e. The van der Waals surface area contributed by atoms with E-state index in [1.807, 2.05) is 0 Å². The molecular formula is C20H29N3O3S. The third-order valence-electron chi connectivity index (χ3n) is 5.24. The van der Waals surface area contributed by atoms with E-state index in [4.69, 9.17) is 4.74 Å². The maximum atomic E-state index is 13.1. The Bertz CT molecular complexity index is 646. The van der Waals surface area contributed by atoms with E-state index in [0.717, 1.165) is 26.1 Å². The second-order valence-electron chi connectivity index (χ2n) is 6.99. The Kier molecular flexibility index (Phi) is 7.01. The summed E-state index contributed by atoms with van der Waals surface area (Å²) in [7, 11) is 1.60. The number of nitrogens with one attached hydrogen (secondary N) is 1. The van der Waals surface area contributed by atoms with Crippen molar-refractivity contribution >= 4 is 23.6 Å². The Labute approximate surface area is 165 Å². The number of thioether (sulfide) groups is 1. The molecule has 2 aliphatic rings. The van der Waals surface area contributed by atoms with Crippen LogP contribution in [0.25, 0.3) is 0 Å². The summed E-state index contributed by atoms with van der Waals surface area (Å²) in [6.45, 7) is 5.82. The van der Waals surface area contributed by atoms with E-state index in [2.05, 4.69) is 17.1 Å². The Morgan fingerprint density at radius 1 is 1.22 bits per heavy atom. The number of nitrogens with zero attached hydrogens (tertiary/aromatic N) is 2. The predicted octanol–water partition coefficient (Wildman–Crippen LogP) is 2.20. The van der Waals surface area contributed by atoms with E-state index in [9.17, 15) is 9.59 Å². The van der Waals surface area contributed by atoms with Crippen molar-refractivity contribution in [2.75, 3.05) is 39.0 Å². The lowest BCUT2D eigenvalue weighted by molar-refractivity contribution is -0.124. The van der Waals surface area contributed by atoms with Crippen LogP contribution >= 0.6 is 11.8 Å². The van der Waals surface area contributed by atoms with Gasteiger partial charge in [0.05, 0.1) is 12.5 Å². The van der Waals surface area contributed by atoms with Gasteiger partial charge >= 0.3 is 0 Å². The van der Waals surface area contributed by atoms with E-state index < -0.39 is 6.04 Å². The van der Waals surface area contributed by atoms with Crippen molar-refractivity contribution in [3.63, 3.8) is 0 Å². The van der Waals surface area contributed by atoms with Gasteiger partial charge < -0.3 is 19.9 Å². The van der Waals surface area contributed by atoms with Crippen molar-refractivity contribution in [2.45, 2.75) is 37.6 Å². The third kappa shape index (κ3) is 4.76. The number of methoxy groups -OCH3 is 1. The summed E-state index contributed by atoms with van der Waals surface area (Å²) in [6.07, 6.45) is 3.31. The number of carbonyl (C=O) groups is 2. The van der Waals surface area contributed by atoms with Gasteiger partial charge in [-0.05, 0) is 56.6 Å². The van der Waals surface area contributed by atoms with Crippen LogP contribution in [0.15, 0.2) is 24.3 Å². The van der Waals surface area contributed by atoms with Gasteiger partial charge in [-0.15, -0.1) is 11.8 Å². The van der Waals surface area contributed by atoms with Gasteiger partial charge in [0.15, 0.2) is 0 Å². The average molecular weight is 392 g/mol. The van der Waals surface area contributed by atoms with E-state index in [1.165, 1.54) is 12.8 Å². The zero-order chi connectivity index (χ0) is 19.2. The van der Waals surface area contributed by atoms with Gasteiger partial charge in [0.2, 0.25) is 5.91 Å². The molecule has 2 fully saturated rings. The first-order valence-electron chi connectivity index (χ1n) is 9.72. The number of carbonyl (C=O) groups excluding carboxylic acids is 2.